The minimum absolute atomic E-state index is 0.228. The molecule has 26 heavy (non-hydrogen) atoms. The number of fused-ring (bicyclic) bond motifs is 1. The van der Waals surface area contributed by atoms with E-state index >= 15 is 0 Å². The van der Waals surface area contributed by atoms with Gasteiger partial charge < -0.3 is 15.0 Å². The van der Waals surface area contributed by atoms with Gasteiger partial charge in [0.1, 0.15) is 5.82 Å². The predicted molar refractivity (Wildman–Crippen MR) is 105 cm³/mol. The number of H-pyrrole nitrogens is 1. The molecule has 1 aliphatic rings. The van der Waals surface area contributed by atoms with Crippen LogP contribution in [0.25, 0.3) is 0 Å². The number of carbonyl (C=O) groups excluding carboxylic acids is 1. The number of thioether (sulfide) groups is 1. The molecule has 6 nitrogen and oxygen atoms in total. The minimum Gasteiger partial charge on any atom is -0.466 e. The van der Waals surface area contributed by atoms with Crippen molar-refractivity contribution >= 4 is 34.9 Å². The molecule has 2 aromatic heterocycles. The molecule has 1 aliphatic heterocycles. The SMILES string of the molecule is CCCCSc1nc2c(c(=O)[nH]1)[C@@H](c1cccs1)C(C(=O)OC)=C(C)N2. The summed E-state index contributed by atoms with van der Waals surface area (Å²) in [6.07, 6.45) is 2.15. The van der Waals surface area contributed by atoms with Crippen LogP contribution in [0.1, 0.15) is 43.0 Å². The molecule has 2 N–H and O–H groups in total. The second-order valence-corrected chi connectivity index (χ2v) is 8.00. The molecule has 2 aromatic rings. The number of anilines is 1. The first kappa shape index (κ1) is 18.7. The number of hydrogen-bond acceptors (Lipinski definition) is 7. The van der Waals surface area contributed by atoms with E-state index in [0.29, 0.717) is 27.8 Å². The Morgan fingerprint density at radius 1 is 1.46 bits per heavy atom. The molecule has 3 heterocycles. The van der Waals surface area contributed by atoms with Crippen LogP contribution in [0.2, 0.25) is 0 Å². The highest BCUT2D eigenvalue weighted by molar-refractivity contribution is 7.99. The molecule has 0 unspecified atom stereocenters. The van der Waals surface area contributed by atoms with Gasteiger partial charge in [-0.2, -0.15) is 0 Å². The molecule has 0 saturated heterocycles. The van der Waals surface area contributed by atoms with Crippen LogP contribution < -0.4 is 10.9 Å². The van der Waals surface area contributed by atoms with E-state index < -0.39 is 11.9 Å². The summed E-state index contributed by atoms with van der Waals surface area (Å²) in [5.74, 6) is 0.482. The summed E-state index contributed by atoms with van der Waals surface area (Å²) in [7, 11) is 1.35. The molecule has 0 fully saturated rings. The fraction of sp³-hybridized carbons (Fsp3) is 0.389. The smallest absolute Gasteiger partial charge is 0.336 e. The van der Waals surface area contributed by atoms with Gasteiger partial charge in [-0.3, -0.25) is 4.79 Å². The predicted octanol–water partition coefficient (Wildman–Crippen LogP) is 3.73. The van der Waals surface area contributed by atoms with Gasteiger partial charge in [0.15, 0.2) is 5.16 Å². The first-order valence-electron chi connectivity index (χ1n) is 8.43. The number of nitrogens with one attached hydrogen (secondary N) is 2. The summed E-state index contributed by atoms with van der Waals surface area (Å²) in [6.45, 7) is 3.93. The van der Waals surface area contributed by atoms with E-state index in [4.69, 9.17) is 4.74 Å². The third-order valence-electron chi connectivity index (χ3n) is 4.19. The van der Waals surface area contributed by atoms with Crippen molar-refractivity contribution in [1.29, 1.82) is 0 Å². The van der Waals surface area contributed by atoms with E-state index in [1.807, 2.05) is 24.4 Å². The van der Waals surface area contributed by atoms with Crippen molar-refractivity contribution in [3.05, 3.63) is 49.6 Å². The van der Waals surface area contributed by atoms with Crippen molar-refractivity contribution < 1.29 is 9.53 Å². The first-order valence-corrected chi connectivity index (χ1v) is 10.3. The maximum atomic E-state index is 12.9. The highest BCUT2D eigenvalue weighted by Gasteiger charge is 2.36. The fourth-order valence-corrected chi connectivity index (χ4v) is 4.72. The molecule has 0 spiro atoms. The van der Waals surface area contributed by atoms with Gasteiger partial charge in [0.2, 0.25) is 0 Å². The second-order valence-electron chi connectivity index (χ2n) is 5.94. The Balaban J connectivity index is 2.10. The number of methoxy groups -OCH3 is 1. The maximum Gasteiger partial charge on any atom is 0.336 e. The molecule has 0 bridgehead atoms. The zero-order chi connectivity index (χ0) is 18.7. The lowest BCUT2D eigenvalue weighted by molar-refractivity contribution is -0.136. The van der Waals surface area contributed by atoms with Gasteiger partial charge in [-0.05, 0) is 24.8 Å². The van der Waals surface area contributed by atoms with Gasteiger partial charge >= 0.3 is 5.97 Å². The van der Waals surface area contributed by atoms with Crippen molar-refractivity contribution in [2.75, 3.05) is 18.2 Å². The number of rotatable bonds is 6. The molecular weight excluding hydrogens is 370 g/mol. The van der Waals surface area contributed by atoms with Gasteiger partial charge in [-0.1, -0.05) is 31.2 Å². The Labute approximate surface area is 160 Å². The number of allylic oxidation sites excluding steroid dienone is 1. The van der Waals surface area contributed by atoms with E-state index in [-0.39, 0.29) is 5.56 Å². The van der Waals surface area contributed by atoms with Crippen LogP contribution in [-0.2, 0) is 9.53 Å². The van der Waals surface area contributed by atoms with E-state index in [1.54, 1.807) is 0 Å². The maximum absolute atomic E-state index is 12.9. The monoisotopic (exact) mass is 391 g/mol. The van der Waals surface area contributed by atoms with E-state index in [0.717, 1.165) is 23.5 Å². The summed E-state index contributed by atoms with van der Waals surface area (Å²) >= 11 is 3.03. The highest BCUT2D eigenvalue weighted by Crippen LogP contribution is 2.41. The lowest BCUT2D eigenvalue weighted by Gasteiger charge is -2.27. The topological polar surface area (TPSA) is 84.1 Å². The molecule has 8 heteroatoms. The van der Waals surface area contributed by atoms with Crippen LogP contribution >= 0.6 is 23.1 Å². The summed E-state index contributed by atoms with van der Waals surface area (Å²) in [4.78, 5) is 33.6. The average molecular weight is 392 g/mol. The Bertz CT molecular complexity index is 888. The number of ether oxygens (including phenoxy) is 1. The number of unbranched alkanes of at least 4 members (excludes halogenated alkanes) is 1. The first-order chi connectivity index (χ1) is 12.6. The molecule has 0 aliphatic carbocycles. The Morgan fingerprint density at radius 2 is 2.27 bits per heavy atom. The summed E-state index contributed by atoms with van der Waals surface area (Å²) in [5, 5.41) is 5.65. The number of aromatic nitrogens is 2. The number of thiophene rings is 1. The molecule has 0 amide bonds. The van der Waals surface area contributed by atoms with E-state index in [9.17, 15) is 9.59 Å². The average Bonchev–Trinajstić information content (AvgIpc) is 3.14. The van der Waals surface area contributed by atoms with Gasteiger partial charge in [0.05, 0.1) is 24.2 Å². The van der Waals surface area contributed by atoms with Crippen molar-refractivity contribution in [2.24, 2.45) is 0 Å². The lowest BCUT2D eigenvalue weighted by atomic mass is 9.86. The Kier molecular flexibility index (Phi) is 5.83. The van der Waals surface area contributed by atoms with Crippen LogP contribution in [0.3, 0.4) is 0 Å². The third-order valence-corrected chi connectivity index (χ3v) is 6.09. The van der Waals surface area contributed by atoms with Gasteiger partial charge in [0.25, 0.3) is 5.56 Å². The Hall–Kier alpha value is -2.06. The van der Waals surface area contributed by atoms with Crippen LogP contribution in [0.15, 0.2) is 38.7 Å². The summed E-state index contributed by atoms with van der Waals surface area (Å²) in [6, 6.07) is 3.83. The van der Waals surface area contributed by atoms with E-state index in [1.165, 1.54) is 30.2 Å². The van der Waals surface area contributed by atoms with Crippen LogP contribution in [-0.4, -0.2) is 28.8 Å². The fourth-order valence-electron chi connectivity index (χ4n) is 2.93. The molecule has 0 radical (unpaired) electrons. The normalized spacial score (nSPS) is 16.2. The second kappa shape index (κ2) is 8.09. The molecule has 138 valence electrons. The van der Waals surface area contributed by atoms with Crippen molar-refractivity contribution in [3.63, 3.8) is 0 Å². The van der Waals surface area contributed by atoms with Gasteiger partial charge in [-0.25, -0.2) is 9.78 Å². The lowest BCUT2D eigenvalue weighted by Crippen LogP contribution is -2.30. The number of carbonyl (C=O) groups is 1. The number of esters is 1. The largest absolute Gasteiger partial charge is 0.466 e. The molecular formula is C18H21N3O3S2. The minimum atomic E-state index is -0.482. The number of nitrogens with zero attached hydrogens (tertiary/aromatic N) is 1. The quantitative estimate of drug-likeness (QED) is 0.338. The summed E-state index contributed by atoms with van der Waals surface area (Å²) < 4.78 is 4.96. The number of hydrogen-bond donors (Lipinski definition) is 2. The third kappa shape index (κ3) is 3.57. The number of aromatic amines is 1. The van der Waals surface area contributed by atoms with Crippen molar-refractivity contribution in [1.82, 2.24) is 9.97 Å². The molecule has 0 saturated carbocycles. The van der Waals surface area contributed by atoms with Crippen LogP contribution in [0, 0.1) is 0 Å². The standard InChI is InChI=1S/C18H21N3O3S2/c1-4-5-8-26-18-20-15-14(16(22)21-18)13(11-7-6-9-25-11)12(10(2)19-15)17(23)24-3/h6-7,9,13H,4-5,8H2,1-3H3,(H2,19,20,21,22)/t13-/m0/s1. The van der Waals surface area contributed by atoms with Crippen LogP contribution in [0.4, 0.5) is 5.82 Å². The zero-order valence-electron chi connectivity index (χ0n) is 14.9. The highest BCUT2D eigenvalue weighted by atomic mass is 32.2. The summed E-state index contributed by atoms with van der Waals surface area (Å²) in [5.41, 5.74) is 1.33. The molecule has 0 aromatic carbocycles. The van der Waals surface area contributed by atoms with Gasteiger partial charge in [0, 0.05) is 16.3 Å². The molecule has 3 rings (SSSR count). The van der Waals surface area contributed by atoms with Crippen molar-refractivity contribution in [2.45, 2.75) is 37.8 Å². The van der Waals surface area contributed by atoms with Crippen molar-refractivity contribution in [3.8, 4) is 0 Å². The molecule has 1 atom stereocenters. The van der Waals surface area contributed by atoms with Gasteiger partial charge in [-0.15, -0.1) is 11.3 Å². The van der Waals surface area contributed by atoms with Crippen LogP contribution in [0.5, 0.6) is 0 Å². The van der Waals surface area contributed by atoms with E-state index in [2.05, 4.69) is 22.2 Å². The Morgan fingerprint density at radius 3 is 2.92 bits per heavy atom. The zero-order valence-corrected chi connectivity index (χ0v) is 16.6.